The van der Waals surface area contributed by atoms with Crippen LogP contribution in [0.5, 0.6) is 11.5 Å². The number of hydrogen-bond donors (Lipinski definition) is 1. The first-order valence-electron chi connectivity index (χ1n) is 13.7. The number of amides is 3. The third-order valence-electron chi connectivity index (χ3n) is 6.41. The van der Waals surface area contributed by atoms with E-state index in [-0.39, 0.29) is 57.1 Å². The summed E-state index contributed by atoms with van der Waals surface area (Å²) in [6.07, 6.45) is 2.71. The van der Waals surface area contributed by atoms with E-state index in [1.165, 1.54) is 43.5 Å². The van der Waals surface area contributed by atoms with Crippen LogP contribution < -0.4 is 14.8 Å². The van der Waals surface area contributed by atoms with Crippen molar-refractivity contribution in [3.05, 3.63) is 97.4 Å². The predicted octanol–water partition coefficient (Wildman–Crippen LogP) is 6.47. The molecule has 0 atom stereocenters. The number of nitrogens with zero attached hydrogens (tertiary/aromatic N) is 2. The molecule has 4 rings (SSSR count). The Morgan fingerprint density at radius 3 is 2.53 bits per heavy atom. The molecular formula is C31H28ClN3O9S. The largest absolute Gasteiger partial charge is 0.493 e. The number of anilines is 1. The fourth-order valence-electron chi connectivity index (χ4n) is 4.11. The number of thioether (sulfide) groups is 1. The Hall–Kier alpha value is -4.88. The molecule has 0 spiro atoms. The Kier molecular flexibility index (Phi) is 11.2. The molecule has 1 saturated heterocycles. The van der Waals surface area contributed by atoms with Crippen LogP contribution in [0.4, 0.5) is 16.2 Å². The van der Waals surface area contributed by atoms with Gasteiger partial charge in [-0.3, -0.25) is 29.4 Å². The fraction of sp³-hybridized carbons (Fsp3) is 0.226. The average molecular weight is 654 g/mol. The average Bonchev–Trinajstić information content (AvgIpc) is 3.28. The quantitative estimate of drug-likeness (QED) is 0.0714. The van der Waals surface area contributed by atoms with Gasteiger partial charge in [-0.25, -0.2) is 4.79 Å². The highest BCUT2D eigenvalue weighted by Crippen LogP contribution is 2.39. The number of nitro benzene ring substituents is 1. The van der Waals surface area contributed by atoms with Crippen LogP contribution in [-0.2, 0) is 20.9 Å². The van der Waals surface area contributed by atoms with Gasteiger partial charge in [0.1, 0.15) is 13.2 Å². The summed E-state index contributed by atoms with van der Waals surface area (Å²) in [6.45, 7) is 1.66. The second-order valence-electron chi connectivity index (χ2n) is 9.59. The summed E-state index contributed by atoms with van der Waals surface area (Å²) in [5, 5.41) is 13.8. The predicted molar refractivity (Wildman–Crippen MR) is 168 cm³/mol. The van der Waals surface area contributed by atoms with Crippen LogP contribution in [0.3, 0.4) is 0 Å². The van der Waals surface area contributed by atoms with Gasteiger partial charge in [0, 0.05) is 5.69 Å². The molecule has 0 unspecified atom stereocenters. The highest BCUT2D eigenvalue weighted by Gasteiger charge is 2.37. The lowest BCUT2D eigenvalue weighted by molar-refractivity contribution is -0.385. The second kappa shape index (κ2) is 15.2. The summed E-state index contributed by atoms with van der Waals surface area (Å²) in [5.41, 5.74) is 0.707. The van der Waals surface area contributed by atoms with Gasteiger partial charge in [0.15, 0.2) is 11.5 Å². The highest BCUT2D eigenvalue weighted by atomic mass is 35.5. The molecule has 14 heteroatoms. The first kappa shape index (κ1) is 33.0. The first-order valence-corrected chi connectivity index (χ1v) is 14.9. The van der Waals surface area contributed by atoms with Crippen molar-refractivity contribution in [2.75, 3.05) is 25.6 Å². The minimum absolute atomic E-state index is 0.00150. The minimum Gasteiger partial charge on any atom is -0.493 e. The molecule has 45 heavy (non-hydrogen) atoms. The Labute approximate surface area is 267 Å². The molecular weight excluding hydrogens is 626 g/mol. The van der Waals surface area contributed by atoms with E-state index in [4.69, 9.17) is 25.8 Å². The van der Waals surface area contributed by atoms with Gasteiger partial charge in [0.05, 0.1) is 45.8 Å². The van der Waals surface area contributed by atoms with Crippen LogP contribution >= 0.6 is 23.4 Å². The van der Waals surface area contributed by atoms with E-state index >= 15 is 0 Å². The number of nitrogens with one attached hydrogen (secondary N) is 1. The summed E-state index contributed by atoms with van der Waals surface area (Å²) in [4.78, 5) is 62.8. The molecule has 0 aromatic heterocycles. The van der Waals surface area contributed by atoms with Crippen LogP contribution in [-0.4, -0.2) is 53.1 Å². The molecule has 234 valence electrons. The van der Waals surface area contributed by atoms with Crippen molar-refractivity contribution in [2.45, 2.75) is 26.4 Å². The number of esters is 1. The van der Waals surface area contributed by atoms with E-state index in [2.05, 4.69) is 5.32 Å². The Morgan fingerprint density at radius 2 is 1.84 bits per heavy atom. The monoisotopic (exact) mass is 653 g/mol. The Balaban J connectivity index is 1.48. The van der Waals surface area contributed by atoms with Crippen molar-refractivity contribution in [1.29, 1.82) is 0 Å². The second-order valence-corrected chi connectivity index (χ2v) is 11.0. The van der Waals surface area contributed by atoms with Crippen LogP contribution in [0.2, 0.25) is 5.02 Å². The van der Waals surface area contributed by atoms with E-state index in [0.717, 1.165) is 12.0 Å². The number of benzene rings is 3. The molecule has 1 N–H and O–H groups in total. The van der Waals surface area contributed by atoms with Gasteiger partial charge in [0.2, 0.25) is 5.91 Å². The number of imide groups is 1. The topological polar surface area (TPSA) is 154 Å². The van der Waals surface area contributed by atoms with Crippen molar-refractivity contribution in [1.82, 2.24) is 4.90 Å². The van der Waals surface area contributed by atoms with Crippen molar-refractivity contribution in [3.8, 4) is 11.5 Å². The smallest absolute Gasteiger partial charge is 0.339 e. The molecule has 3 aromatic carbocycles. The van der Waals surface area contributed by atoms with E-state index in [1.54, 1.807) is 0 Å². The van der Waals surface area contributed by atoms with Gasteiger partial charge < -0.3 is 19.5 Å². The van der Waals surface area contributed by atoms with Crippen molar-refractivity contribution in [2.24, 2.45) is 0 Å². The number of carbonyl (C=O) groups is 4. The van der Waals surface area contributed by atoms with Crippen LogP contribution in [0.25, 0.3) is 6.08 Å². The summed E-state index contributed by atoms with van der Waals surface area (Å²) >= 11 is 6.65. The van der Waals surface area contributed by atoms with Crippen LogP contribution in [0.15, 0.2) is 65.6 Å². The zero-order valence-electron chi connectivity index (χ0n) is 24.2. The number of rotatable bonds is 13. The summed E-state index contributed by atoms with van der Waals surface area (Å²) in [6, 6.07) is 15.9. The fourth-order valence-corrected chi connectivity index (χ4v) is 5.14. The van der Waals surface area contributed by atoms with Crippen molar-refractivity contribution >= 4 is 63.8 Å². The molecule has 1 aliphatic heterocycles. The molecule has 1 fully saturated rings. The molecule has 1 aliphatic rings. The van der Waals surface area contributed by atoms with E-state index in [9.17, 15) is 29.3 Å². The number of carbonyl (C=O) groups excluding carboxylic acids is 4. The molecule has 0 aliphatic carbocycles. The number of hydrogen-bond acceptors (Lipinski definition) is 10. The van der Waals surface area contributed by atoms with Gasteiger partial charge in [-0.05, 0) is 54.1 Å². The lowest BCUT2D eigenvalue weighted by Crippen LogP contribution is -2.36. The standard InChI is InChI=1S/C31H28ClN3O9S/c1-3-4-12-43-30(38)22-15-21(10-11-23(22)32)33-28(36)17-34-29(37)27(45-31(34)39)14-20-13-25(42-2)26(16-24(20)35(40)41)44-18-19-8-6-5-7-9-19/h5-11,13-16H,3-4,12,17-18H2,1-2H3,(H,33,36)/b27-14+. The summed E-state index contributed by atoms with van der Waals surface area (Å²) in [7, 11) is 1.37. The lowest BCUT2D eigenvalue weighted by atomic mass is 10.1. The normalized spacial score (nSPS) is 13.6. The maximum atomic E-state index is 13.1. The molecule has 0 radical (unpaired) electrons. The molecule has 0 bridgehead atoms. The van der Waals surface area contributed by atoms with Gasteiger partial charge >= 0.3 is 5.97 Å². The van der Waals surface area contributed by atoms with Crippen molar-refractivity contribution in [3.63, 3.8) is 0 Å². The Bertz CT molecular complexity index is 1660. The number of methoxy groups -OCH3 is 1. The zero-order valence-corrected chi connectivity index (χ0v) is 25.8. The van der Waals surface area contributed by atoms with Crippen LogP contribution in [0, 0.1) is 10.1 Å². The molecule has 12 nitrogen and oxygen atoms in total. The number of halogens is 1. The first-order chi connectivity index (χ1) is 21.6. The molecule has 3 aromatic rings. The van der Waals surface area contributed by atoms with Crippen LogP contribution in [0.1, 0.15) is 41.3 Å². The van der Waals surface area contributed by atoms with Gasteiger partial charge in [-0.1, -0.05) is 55.3 Å². The highest BCUT2D eigenvalue weighted by molar-refractivity contribution is 8.18. The number of ether oxygens (including phenoxy) is 3. The number of unbranched alkanes of at least 4 members (excludes halogenated alkanes) is 1. The maximum absolute atomic E-state index is 13.1. The van der Waals surface area contributed by atoms with E-state index in [1.807, 2.05) is 37.3 Å². The summed E-state index contributed by atoms with van der Waals surface area (Å²) in [5.74, 6) is -1.89. The van der Waals surface area contributed by atoms with Gasteiger partial charge in [-0.15, -0.1) is 0 Å². The van der Waals surface area contributed by atoms with Gasteiger partial charge in [0.25, 0.3) is 16.8 Å². The third kappa shape index (κ3) is 8.40. The maximum Gasteiger partial charge on any atom is 0.339 e. The lowest BCUT2D eigenvalue weighted by Gasteiger charge is -2.13. The van der Waals surface area contributed by atoms with Crippen molar-refractivity contribution < 1.29 is 38.3 Å². The third-order valence-corrected chi connectivity index (χ3v) is 7.65. The molecule has 3 amide bonds. The SMILES string of the molecule is CCCCOC(=O)c1cc(NC(=O)CN2C(=O)S/C(=C/c3cc(OC)c(OCc4ccccc4)cc3[N+](=O)[O-])C2=O)ccc1Cl. The summed E-state index contributed by atoms with van der Waals surface area (Å²) < 4.78 is 16.3. The van der Waals surface area contributed by atoms with E-state index in [0.29, 0.717) is 23.1 Å². The van der Waals surface area contributed by atoms with E-state index < -0.39 is 34.5 Å². The molecule has 0 saturated carbocycles. The Morgan fingerprint density at radius 1 is 1.09 bits per heavy atom. The van der Waals surface area contributed by atoms with Gasteiger partial charge in [-0.2, -0.15) is 0 Å². The number of nitro groups is 1. The minimum atomic E-state index is -0.811. The zero-order chi connectivity index (χ0) is 32.5. The molecule has 1 heterocycles.